The number of piperidine rings is 1. The maximum Gasteiger partial charge on any atom is 0.0595 e. The quantitative estimate of drug-likeness (QED) is 0.497. The molecule has 0 aliphatic carbocycles. The van der Waals surface area contributed by atoms with Crippen LogP contribution in [0.3, 0.4) is 0 Å². The van der Waals surface area contributed by atoms with Crippen molar-refractivity contribution in [2.24, 2.45) is 0 Å². The minimum atomic E-state index is 0.423. The fourth-order valence-corrected chi connectivity index (χ4v) is 5.41. The van der Waals surface area contributed by atoms with Gasteiger partial charge in [0.25, 0.3) is 0 Å². The van der Waals surface area contributed by atoms with Gasteiger partial charge in [0.2, 0.25) is 0 Å². The molecular weight excluding hydrogens is 425 g/mol. The Morgan fingerprint density at radius 2 is 1.58 bits per heavy atom. The molecule has 168 valence electrons. The highest BCUT2D eigenvalue weighted by atomic mass is 35.5. The zero-order valence-corrected chi connectivity index (χ0v) is 20.4. The van der Waals surface area contributed by atoms with Crippen molar-refractivity contribution in [3.05, 3.63) is 63.1 Å². The number of hydrogen-bond acceptors (Lipinski definition) is 3. The number of nitrogens with zero attached hydrogens (tertiary/aromatic N) is 3. The topological polar surface area (TPSA) is 9.72 Å². The van der Waals surface area contributed by atoms with Crippen molar-refractivity contribution in [3.63, 3.8) is 0 Å². The van der Waals surface area contributed by atoms with E-state index in [-0.39, 0.29) is 0 Å². The van der Waals surface area contributed by atoms with Gasteiger partial charge in [0, 0.05) is 44.5 Å². The largest absolute Gasteiger partial charge is 0.369 e. The molecule has 31 heavy (non-hydrogen) atoms. The van der Waals surface area contributed by atoms with Gasteiger partial charge in [0.1, 0.15) is 0 Å². The molecule has 0 radical (unpaired) electrons. The second kappa shape index (κ2) is 10.6. The molecule has 2 aromatic rings. The monoisotopic (exact) mass is 459 g/mol. The van der Waals surface area contributed by atoms with Crippen molar-refractivity contribution in [2.45, 2.75) is 45.6 Å². The van der Waals surface area contributed by atoms with Crippen LogP contribution >= 0.6 is 23.2 Å². The van der Waals surface area contributed by atoms with Gasteiger partial charge in [-0.1, -0.05) is 47.8 Å². The summed E-state index contributed by atoms with van der Waals surface area (Å²) in [4.78, 5) is 7.85. The molecule has 2 heterocycles. The highest BCUT2D eigenvalue weighted by Gasteiger charge is 2.25. The minimum Gasteiger partial charge on any atom is -0.369 e. The fraction of sp³-hybridized carbons (Fsp3) is 0.538. The summed E-state index contributed by atoms with van der Waals surface area (Å²) in [5, 5.41) is 1.31. The Hall–Kier alpha value is -1.26. The van der Waals surface area contributed by atoms with E-state index in [4.69, 9.17) is 23.2 Å². The van der Waals surface area contributed by atoms with Gasteiger partial charge in [-0.15, -0.1) is 0 Å². The van der Waals surface area contributed by atoms with Crippen LogP contribution in [-0.2, 0) is 0 Å². The lowest BCUT2D eigenvalue weighted by atomic mass is 9.98. The van der Waals surface area contributed by atoms with E-state index in [1.165, 1.54) is 54.7 Å². The van der Waals surface area contributed by atoms with E-state index < -0.39 is 0 Å². The summed E-state index contributed by atoms with van der Waals surface area (Å²) in [6, 6.07) is 13.3. The van der Waals surface area contributed by atoms with Crippen LogP contribution in [-0.4, -0.2) is 55.6 Å². The maximum absolute atomic E-state index is 6.38. The molecule has 1 unspecified atom stereocenters. The summed E-state index contributed by atoms with van der Waals surface area (Å²) >= 11 is 12.6. The van der Waals surface area contributed by atoms with Crippen LogP contribution in [0.25, 0.3) is 0 Å². The van der Waals surface area contributed by atoms with Crippen molar-refractivity contribution in [3.8, 4) is 0 Å². The molecule has 2 aromatic carbocycles. The smallest absolute Gasteiger partial charge is 0.0595 e. The summed E-state index contributed by atoms with van der Waals surface area (Å²) in [6.45, 7) is 12.4. The normalized spacial score (nSPS) is 19.5. The molecule has 0 spiro atoms. The Morgan fingerprint density at radius 3 is 2.29 bits per heavy atom. The number of rotatable bonds is 6. The summed E-state index contributed by atoms with van der Waals surface area (Å²) in [5.74, 6) is 0. The molecule has 2 aliphatic heterocycles. The third kappa shape index (κ3) is 5.57. The number of likely N-dealkylation sites (tertiary alicyclic amines) is 1. The average molecular weight is 460 g/mol. The first kappa shape index (κ1) is 22.9. The van der Waals surface area contributed by atoms with Crippen LogP contribution in [0.2, 0.25) is 10.0 Å². The van der Waals surface area contributed by atoms with Crippen LogP contribution in [0.15, 0.2) is 36.4 Å². The lowest BCUT2D eigenvalue weighted by Gasteiger charge is -2.39. The molecule has 0 amide bonds. The van der Waals surface area contributed by atoms with Crippen molar-refractivity contribution >= 4 is 28.9 Å². The van der Waals surface area contributed by atoms with Crippen LogP contribution in [0.1, 0.15) is 48.4 Å². The lowest BCUT2D eigenvalue weighted by molar-refractivity contribution is 0.137. The Kier molecular flexibility index (Phi) is 7.81. The maximum atomic E-state index is 6.38. The van der Waals surface area contributed by atoms with Gasteiger partial charge in [-0.2, -0.15) is 0 Å². The predicted octanol–water partition coefficient (Wildman–Crippen LogP) is 6.35. The van der Waals surface area contributed by atoms with E-state index in [9.17, 15) is 0 Å². The third-order valence-corrected chi connectivity index (χ3v) is 7.91. The molecule has 0 bridgehead atoms. The molecule has 2 aliphatic rings. The van der Waals surface area contributed by atoms with Crippen LogP contribution in [0, 0.1) is 13.8 Å². The Balaban J connectivity index is 1.38. The molecule has 5 heteroatoms. The van der Waals surface area contributed by atoms with E-state index in [0.717, 1.165) is 39.1 Å². The average Bonchev–Trinajstić information content (AvgIpc) is 2.79. The van der Waals surface area contributed by atoms with Crippen LogP contribution < -0.4 is 4.90 Å². The highest BCUT2D eigenvalue weighted by molar-refractivity contribution is 6.42. The second-order valence-corrected chi connectivity index (χ2v) is 9.94. The van der Waals surface area contributed by atoms with Gasteiger partial charge in [0.05, 0.1) is 10.0 Å². The third-order valence-electron chi connectivity index (χ3n) is 7.17. The second-order valence-electron chi connectivity index (χ2n) is 9.12. The SMILES string of the molecule is Cc1cccc(N2CCN(CCC(c3ccc(Cl)c(Cl)c3)N3CCCCC3)CC2)c1C. The van der Waals surface area contributed by atoms with E-state index in [1.807, 2.05) is 6.07 Å². The van der Waals surface area contributed by atoms with Crippen molar-refractivity contribution in [2.75, 3.05) is 50.7 Å². The van der Waals surface area contributed by atoms with E-state index in [2.05, 4.69) is 58.9 Å². The standard InChI is InChI=1S/C26H35Cl2N3/c1-20-7-6-8-25(21(20)2)31-17-15-29(16-18-31)14-11-26(30-12-4-3-5-13-30)22-9-10-23(27)24(28)19-22/h6-10,19,26H,3-5,11-18H2,1-2H3. The molecule has 2 fully saturated rings. The Labute approximate surface area is 197 Å². The van der Waals surface area contributed by atoms with Crippen molar-refractivity contribution < 1.29 is 0 Å². The van der Waals surface area contributed by atoms with Crippen molar-refractivity contribution in [1.29, 1.82) is 0 Å². The molecule has 1 atom stereocenters. The first-order valence-corrected chi connectivity index (χ1v) is 12.5. The van der Waals surface area contributed by atoms with Gasteiger partial charge in [0.15, 0.2) is 0 Å². The van der Waals surface area contributed by atoms with Crippen molar-refractivity contribution in [1.82, 2.24) is 9.80 Å². The summed E-state index contributed by atoms with van der Waals surface area (Å²) < 4.78 is 0. The lowest BCUT2D eigenvalue weighted by Crippen LogP contribution is -2.47. The number of halogens is 2. The molecular formula is C26H35Cl2N3. The Morgan fingerprint density at radius 1 is 0.839 bits per heavy atom. The number of anilines is 1. The first-order valence-electron chi connectivity index (χ1n) is 11.8. The van der Waals surface area contributed by atoms with Crippen LogP contribution in [0.4, 0.5) is 5.69 Å². The highest BCUT2D eigenvalue weighted by Crippen LogP contribution is 2.32. The number of hydrogen-bond donors (Lipinski definition) is 0. The van der Waals surface area contributed by atoms with Gasteiger partial charge in [-0.05, 0) is 81.1 Å². The molecule has 4 rings (SSSR count). The summed E-state index contributed by atoms with van der Waals surface area (Å²) in [5.41, 5.74) is 5.51. The number of aryl methyl sites for hydroxylation is 1. The number of piperazine rings is 1. The molecule has 3 nitrogen and oxygen atoms in total. The molecule has 0 saturated carbocycles. The van der Waals surface area contributed by atoms with Gasteiger partial charge in [-0.25, -0.2) is 0 Å². The minimum absolute atomic E-state index is 0.423. The van der Waals surface area contributed by atoms with Crippen LogP contribution in [0.5, 0.6) is 0 Å². The van der Waals surface area contributed by atoms with E-state index >= 15 is 0 Å². The summed E-state index contributed by atoms with van der Waals surface area (Å²) in [6.07, 6.45) is 5.09. The summed E-state index contributed by atoms with van der Waals surface area (Å²) in [7, 11) is 0. The van der Waals surface area contributed by atoms with E-state index in [1.54, 1.807) is 0 Å². The molecule has 2 saturated heterocycles. The van der Waals surface area contributed by atoms with E-state index in [0.29, 0.717) is 16.1 Å². The zero-order chi connectivity index (χ0) is 21.8. The first-order chi connectivity index (χ1) is 15.0. The fourth-order valence-electron chi connectivity index (χ4n) is 5.11. The van der Waals surface area contributed by atoms with Gasteiger partial charge >= 0.3 is 0 Å². The Bertz CT molecular complexity index is 871. The predicted molar refractivity (Wildman–Crippen MR) is 134 cm³/mol. The number of benzene rings is 2. The molecule has 0 aromatic heterocycles. The van der Waals surface area contributed by atoms with Gasteiger partial charge < -0.3 is 4.90 Å². The van der Waals surface area contributed by atoms with Gasteiger partial charge in [-0.3, -0.25) is 9.80 Å². The molecule has 0 N–H and O–H groups in total. The zero-order valence-electron chi connectivity index (χ0n) is 18.9.